The zero-order valence-corrected chi connectivity index (χ0v) is 10.9. The Labute approximate surface area is 108 Å². The van der Waals surface area contributed by atoms with E-state index in [9.17, 15) is 4.39 Å². The summed E-state index contributed by atoms with van der Waals surface area (Å²) in [5, 5.41) is 9.76. The van der Waals surface area contributed by atoms with E-state index in [1.54, 1.807) is 6.07 Å². The summed E-state index contributed by atoms with van der Waals surface area (Å²) in [6, 6.07) is 5.55. The van der Waals surface area contributed by atoms with Crippen LogP contribution in [-0.2, 0) is 6.54 Å². The molecule has 0 radical (unpaired) electrons. The molecule has 94 valence electrons. The third kappa shape index (κ3) is 5.04. The Kier molecular flexibility index (Phi) is 5.76. The molecule has 0 saturated carbocycles. The molecule has 0 atom stereocenters. The van der Waals surface area contributed by atoms with Gasteiger partial charge in [-0.05, 0) is 33.6 Å². The van der Waals surface area contributed by atoms with Crippen molar-refractivity contribution in [2.45, 2.75) is 13.0 Å². The number of hydrogen-bond acceptors (Lipinski definition) is 2. The van der Waals surface area contributed by atoms with Gasteiger partial charge in [0.05, 0.1) is 17.8 Å². The van der Waals surface area contributed by atoms with E-state index in [4.69, 9.17) is 15.9 Å². The van der Waals surface area contributed by atoms with E-state index in [2.05, 4.69) is 21.2 Å². The van der Waals surface area contributed by atoms with Crippen LogP contribution in [0.25, 0.3) is 0 Å². The van der Waals surface area contributed by atoms with Gasteiger partial charge in [0.15, 0.2) is 5.96 Å². The van der Waals surface area contributed by atoms with E-state index in [-0.39, 0.29) is 12.6 Å². The minimum Gasteiger partial charge on any atom is -0.492 e. The molecule has 0 aliphatic carbocycles. The normalized spacial score (nSPS) is 10.0. The molecule has 0 aromatic heterocycles. The van der Waals surface area contributed by atoms with Crippen LogP contribution in [0.3, 0.4) is 0 Å². The van der Waals surface area contributed by atoms with Gasteiger partial charge >= 0.3 is 0 Å². The van der Waals surface area contributed by atoms with Crippen LogP contribution in [0.4, 0.5) is 4.39 Å². The van der Waals surface area contributed by atoms with Crippen molar-refractivity contribution in [1.82, 2.24) is 5.32 Å². The fourth-order valence-corrected chi connectivity index (χ4v) is 1.75. The zero-order chi connectivity index (χ0) is 12.7. The molecular weight excluding hydrogens is 288 g/mol. The van der Waals surface area contributed by atoms with Gasteiger partial charge in [-0.15, -0.1) is 0 Å². The lowest BCUT2D eigenvalue weighted by Gasteiger charge is -2.09. The molecule has 1 aromatic carbocycles. The predicted octanol–water partition coefficient (Wildman–Crippen LogP) is 2.17. The molecule has 0 spiro atoms. The molecule has 0 heterocycles. The number of guanidine groups is 1. The van der Waals surface area contributed by atoms with Crippen LogP contribution in [0.5, 0.6) is 5.75 Å². The van der Waals surface area contributed by atoms with E-state index < -0.39 is 0 Å². The second-order valence-electron chi connectivity index (χ2n) is 3.42. The van der Waals surface area contributed by atoms with Crippen molar-refractivity contribution in [1.29, 1.82) is 5.41 Å². The average Bonchev–Trinajstić information content (AvgIpc) is 2.29. The summed E-state index contributed by atoms with van der Waals surface area (Å²) >= 11 is 3.37. The molecule has 17 heavy (non-hydrogen) atoms. The Bertz CT molecular complexity index is 387. The van der Waals surface area contributed by atoms with Gasteiger partial charge in [0.25, 0.3) is 0 Å². The van der Waals surface area contributed by atoms with Crippen LogP contribution in [0.15, 0.2) is 22.7 Å². The van der Waals surface area contributed by atoms with E-state index in [0.29, 0.717) is 25.3 Å². The Morgan fingerprint density at radius 1 is 1.53 bits per heavy atom. The summed E-state index contributed by atoms with van der Waals surface area (Å²) < 4.78 is 18.1. The summed E-state index contributed by atoms with van der Waals surface area (Å²) in [6.07, 6.45) is 0.389. The first-order chi connectivity index (χ1) is 8.13. The lowest BCUT2D eigenvalue weighted by Crippen LogP contribution is -2.29. The summed E-state index contributed by atoms with van der Waals surface area (Å²) in [5.74, 6) is 0.620. The number of rotatable bonds is 6. The predicted molar refractivity (Wildman–Crippen MR) is 69.0 cm³/mol. The Morgan fingerprint density at radius 2 is 2.29 bits per heavy atom. The monoisotopic (exact) mass is 302 g/mol. The molecule has 1 aromatic rings. The maximum atomic E-state index is 11.9. The molecule has 0 bridgehead atoms. The standard InChI is InChI=1S/C11H15BrFN3O/c12-9-6-8(7-16-11(14)15)2-3-10(9)17-5-1-4-13/h2-3,6H,1,4-5,7H2,(H4,14,15,16)/i13-1. The topological polar surface area (TPSA) is 71.1 Å². The molecule has 4 nitrogen and oxygen atoms in total. The summed E-state index contributed by atoms with van der Waals surface area (Å²) in [5.41, 5.74) is 6.17. The van der Waals surface area contributed by atoms with Gasteiger partial charge in [-0.1, -0.05) is 6.07 Å². The first-order valence-corrected chi connectivity index (χ1v) is 5.98. The molecule has 0 fully saturated rings. The molecule has 4 N–H and O–H groups in total. The van der Waals surface area contributed by atoms with E-state index in [1.165, 1.54) is 0 Å². The molecule has 6 heteroatoms. The fourth-order valence-electron chi connectivity index (χ4n) is 1.21. The van der Waals surface area contributed by atoms with Gasteiger partial charge in [-0.3, -0.25) is 9.80 Å². The minimum absolute atomic E-state index is 0.0654. The fraction of sp³-hybridized carbons (Fsp3) is 0.364. The highest BCUT2D eigenvalue weighted by molar-refractivity contribution is 9.10. The molecule has 0 saturated heterocycles. The highest BCUT2D eigenvalue weighted by Crippen LogP contribution is 2.26. The van der Waals surface area contributed by atoms with Crippen molar-refractivity contribution in [2.24, 2.45) is 5.73 Å². The minimum atomic E-state index is -0.377. The number of halogens is 2. The van der Waals surface area contributed by atoms with E-state index in [1.807, 2.05) is 12.1 Å². The van der Waals surface area contributed by atoms with E-state index >= 15 is 0 Å². The van der Waals surface area contributed by atoms with Gasteiger partial charge in [-0.25, -0.2) is 0 Å². The smallest absolute Gasteiger partial charge is 0.185 e. The maximum Gasteiger partial charge on any atom is 0.185 e. The SMILES string of the molecule is N=C(N)NCc1ccc(OCCC[18F])c(Br)c1. The second-order valence-corrected chi connectivity index (χ2v) is 4.28. The number of hydrogen-bond donors (Lipinski definition) is 3. The molecule has 0 aliphatic heterocycles. The Hall–Kier alpha value is -1.30. The van der Waals surface area contributed by atoms with Gasteiger partial charge in [0.1, 0.15) is 5.75 Å². The second kappa shape index (κ2) is 7.11. The van der Waals surface area contributed by atoms with Crippen LogP contribution in [0, 0.1) is 5.41 Å². The third-order valence-corrected chi connectivity index (χ3v) is 2.63. The number of alkyl halides is 1. The van der Waals surface area contributed by atoms with Crippen molar-refractivity contribution in [3.05, 3.63) is 28.2 Å². The number of nitrogens with two attached hydrogens (primary N) is 1. The molecule has 0 aliphatic rings. The first-order valence-electron chi connectivity index (χ1n) is 5.18. The van der Waals surface area contributed by atoms with Crippen molar-refractivity contribution in [3.63, 3.8) is 0 Å². The van der Waals surface area contributed by atoms with Gasteiger partial charge < -0.3 is 15.8 Å². The quantitative estimate of drug-likeness (QED) is 0.428. The van der Waals surface area contributed by atoms with Crippen LogP contribution in [-0.4, -0.2) is 19.2 Å². The van der Waals surface area contributed by atoms with Crippen LogP contribution in [0.2, 0.25) is 0 Å². The first kappa shape index (κ1) is 13.8. The molecule has 1 rings (SSSR count). The van der Waals surface area contributed by atoms with Gasteiger partial charge in [0, 0.05) is 13.0 Å². The van der Waals surface area contributed by atoms with Gasteiger partial charge in [0.2, 0.25) is 0 Å². The Balaban J connectivity index is 2.56. The number of nitrogens with one attached hydrogen (secondary N) is 2. The van der Waals surface area contributed by atoms with Crippen LogP contribution < -0.4 is 15.8 Å². The molecule has 0 unspecified atom stereocenters. The molecule has 0 amide bonds. The maximum absolute atomic E-state index is 11.9. The van der Waals surface area contributed by atoms with Crippen molar-refractivity contribution >= 4 is 21.9 Å². The summed E-state index contributed by atoms with van der Waals surface area (Å²) in [4.78, 5) is 0. The van der Waals surface area contributed by atoms with Crippen LogP contribution >= 0.6 is 15.9 Å². The van der Waals surface area contributed by atoms with Crippen molar-refractivity contribution in [3.8, 4) is 5.75 Å². The average molecular weight is 303 g/mol. The van der Waals surface area contributed by atoms with Crippen molar-refractivity contribution in [2.75, 3.05) is 13.3 Å². The zero-order valence-electron chi connectivity index (χ0n) is 9.30. The lowest BCUT2D eigenvalue weighted by atomic mass is 10.2. The number of ether oxygens (including phenoxy) is 1. The third-order valence-electron chi connectivity index (χ3n) is 2.01. The number of benzene rings is 1. The highest BCUT2D eigenvalue weighted by Gasteiger charge is 2.03. The lowest BCUT2D eigenvalue weighted by molar-refractivity contribution is 0.288. The molecular formula is C11H15BrFN3O. The van der Waals surface area contributed by atoms with E-state index in [0.717, 1.165) is 10.0 Å². The largest absolute Gasteiger partial charge is 0.492 e. The highest BCUT2D eigenvalue weighted by atomic mass is 79.9. The van der Waals surface area contributed by atoms with Crippen LogP contribution in [0.1, 0.15) is 12.0 Å². The Morgan fingerprint density at radius 3 is 2.88 bits per heavy atom. The van der Waals surface area contributed by atoms with Gasteiger partial charge in [-0.2, -0.15) is 0 Å². The summed E-state index contributed by atoms with van der Waals surface area (Å²) in [6.45, 7) is 0.469. The van der Waals surface area contributed by atoms with Crippen molar-refractivity contribution < 1.29 is 9.13 Å². The summed E-state index contributed by atoms with van der Waals surface area (Å²) in [7, 11) is 0.